The summed E-state index contributed by atoms with van der Waals surface area (Å²) in [7, 11) is 0. The van der Waals surface area contributed by atoms with Crippen molar-refractivity contribution >= 4 is 0 Å². The number of nitrogens with zero attached hydrogens (tertiary/aromatic N) is 1. The number of rotatable bonds is 2. The maximum Gasteiger partial charge on any atom is 0.143 e. The van der Waals surface area contributed by atoms with Crippen molar-refractivity contribution in [3.63, 3.8) is 0 Å². The fourth-order valence-corrected chi connectivity index (χ4v) is 2.40. The van der Waals surface area contributed by atoms with Crippen LogP contribution in [0.15, 0.2) is 4.52 Å². The van der Waals surface area contributed by atoms with Crippen molar-refractivity contribution in [3.8, 4) is 0 Å². The van der Waals surface area contributed by atoms with Gasteiger partial charge in [0.25, 0.3) is 0 Å². The maximum atomic E-state index is 10.5. The topological polar surface area (TPSA) is 72.3 Å². The van der Waals surface area contributed by atoms with Crippen LogP contribution >= 0.6 is 0 Å². The molecule has 1 aromatic rings. The van der Waals surface area contributed by atoms with Crippen LogP contribution in [-0.4, -0.2) is 16.8 Å². The van der Waals surface area contributed by atoms with Crippen LogP contribution < -0.4 is 5.73 Å². The molecule has 2 atom stereocenters. The lowest BCUT2D eigenvalue weighted by Crippen LogP contribution is -2.33. The highest BCUT2D eigenvalue weighted by Crippen LogP contribution is 2.44. The van der Waals surface area contributed by atoms with Gasteiger partial charge in [0.2, 0.25) is 0 Å². The highest BCUT2D eigenvalue weighted by atomic mass is 16.5. The molecule has 0 saturated carbocycles. The lowest BCUT2D eigenvalue weighted by molar-refractivity contribution is -0.0111. The summed E-state index contributed by atoms with van der Waals surface area (Å²) in [5, 5.41) is 14.4. The molecular formula is C10H16N2O2. The van der Waals surface area contributed by atoms with Crippen LogP contribution in [0.5, 0.6) is 0 Å². The quantitative estimate of drug-likeness (QED) is 0.730. The standard InChI is InChI=1S/C10H16N2O2/c1-6-5-8-9(7(2)12-14-8)10(6,13)3-4-11/h6,13H,3-5,11H2,1-2H3. The SMILES string of the molecule is Cc1noc2c1C(O)(CCN)C(C)C2. The van der Waals surface area contributed by atoms with E-state index in [0.717, 1.165) is 23.4 Å². The van der Waals surface area contributed by atoms with E-state index in [2.05, 4.69) is 5.16 Å². The molecule has 14 heavy (non-hydrogen) atoms. The molecule has 0 radical (unpaired) electrons. The predicted octanol–water partition coefficient (Wildman–Crippen LogP) is 0.712. The second-order valence-electron chi connectivity index (χ2n) is 4.13. The highest BCUT2D eigenvalue weighted by Gasteiger charge is 2.46. The molecule has 4 nitrogen and oxygen atoms in total. The molecule has 1 aliphatic carbocycles. The van der Waals surface area contributed by atoms with Crippen molar-refractivity contribution in [3.05, 3.63) is 17.0 Å². The number of aromatic nitrogens is 1. The normalized spacial score (nSPS) is 30.7. The molecule has 3 N–H and O–H groups in total. The molecule has 0 fully saturated rings. The fraction of sp³-hybridized carbons (Fsp3) is 0.700. The van der Waals surface area contributed by atoms with E-state index in [1.54, 1.807) is 0 Å². The lowest BCUT2D eigenvalue weighted by atomic mass is 9.85. The van der Waals surface area contributed by atoms with Crippen LogP contribution in [0.1, 0.15) is 30.4 Å². The van der Waals surface area contributed by atoms with Gasteiger partial charge in [-0.25, -0.2) is 0 Å². The van der Waals surface area contributed by atoms with Crippen LogP contribution in [0.3, 0.4) is 0 Å². The van der Waals surface area contributed by atoms with E-state index >= 15 is 0 Å². The summed E-state index contributed by atoms with van der Waals surface area (Å²) in [4.78, 5) is 0. The van der Waals surface area contributed by atoms with E-state index in [1.807, 2.05) is 13.8 Å². The van der Waals surface area contributed by atoms with Gasteiger partial charge in [-0.15, -0.1) is 0 Å². The monoisotopic (exact) mass is 196 g/mol. The Morgan fingerprint density at radius 1 is 1.71 bits per heavy atom. The third-order valence-corrected chi connectivity index (χ3v) is 3.20. The van der Waals surface area contributed by atoms with Crippen LogP contribution in [0.4, 0.5) is 0 Å². The van der Waals surface area contributed by atoms with Gasteiger partial charge in [-0.3, -0.25) is 0 Å². The maximum absolute atomic E-state index is 10.5. The molecular weight excluding hydrogens is 180 g/mol. The largest absolute Gasteiger partial charge is 0.385 e. The van der Waals surface area contributed by atoms with Crippen molar-refractivity contribution in [2.45, 2.75) is 32.3 Å². The second-order valence-corrected chi connectivity index (χ2v) is 4.13. The van der Waals surface area contributed by atoms with Gasteiger partial charge in [-0.2, -0.15) is 0 Å². The Kier molecular flexibility index (Phi) is 2.12. The van der Waals surface area contributed by atoms with E-state index in [9.17, 15) is 5.11 Å². The minimum Gasteiger partial charge on any atom is -0.385 e. The summed E-state index contributed by atoms with van der Waals surface area (Å²) in [6.45, 7) is 4.36. The Bertz CT molecular complexity index is 348. The van der Waals surface area contributed by atoms with Crippen molar-refractivity contribution in [2.75, 3.05) is 6.54 Å². The molecule has 1 aliphatic rings. The Labute approximate surface area is 83.1 Å². The Morgan fingerprint density at radius 2 is 2.43 bits per heavy atom. The average Bonchev–Trinajstić information content (AvgIpc) is 2.57. The molecule has 78 valence electrons. The number of fused-ring (bicyclic) bond motifs is 1. The van der Waals surface area contributed by atoms with Gasteiger partial charge in [0.05, 0.1) is 11.3 Å². The number of hydrogen-bond acceptors (Lipinski definition) is 4. The summed E-state index contributed by atoms with van der Waals surface area (Å²) >= 11 is 0. The third kappa shape index (κ3) is 1.11. The van der Waals surface area contributed by atoms with Crippen LogP contribution in [0.2, 0.25) is 0 Å². The Hall–Kier alpha value is -0.870. The van der Waals surface area contributed by atoms with E-state index in [1.165, 1.54) is 0 Å². The smallest absolute Gasteiger partial charge is 0.143 e. The lowest BCUT2D eigenvalue weighted by Gasteiger charge is -2.27. The van der Waals surface area contributed by atoms with Crippen molar-refractivity contribution in [2.24, 2.45) is 11.7 Å². The molecule has 0 amide bonds. The number of nitrogens with two attached hydrogens (primary N) is 1. The van der Waals surface area contributed by atoms with Gasteiger partial charge in [-0.1, -0.05) is 12.1 Å². The first-order valence-corrected chi connectivity index (χ1v) is 4.97. The highest BCUT2D eigenvalue weighted by molar-refractivity contribution is 5.35. The Morgan fingerprint density at radius 3 is 3.07 bits per heavy atom. The molecule has 0 aromatic carbocycles. The zero-order valence-electron chi connectivity index (χ0n) is 8.58. The van der Waals surface area contributed by atoms with Gasteiger partial charge < -0.3 is 15.4 Å². The molecule has 0 bridgehead atoms. The van der Waals surface area contributed by atoms with Crippen LogP contribution in [0.25, 0.3) is 0 Å². The molecule has 1 aromatic heterocycles. The summed E-state index contributed by atoms with van der Waals surface area (Å²) in [6, 6.07) is 0. The first-order valence-electron chi connectivity index (χ1n) is 4.97. The van der Waals surface area contributed by atoms with Gasteiger partial charge in [0.1, 0.15) is 5.76 Å². The van der Waals surface area contributed by atoms with Gasteiger partial charge in [-0.05, 0) is 25.8 Å². The predicted molar refractivity (Wildman–Crippen MR) is 51.7 cm³/mol. The van der Waals surface area contributed by atoms with E-state index in [-0.39, 0.29) is 5.92 Å². The number of hydrogen-bond donors (Lipinski definition) is 2. The fourth-order valence-electron chi connectivity index (χ4n) is 2.40. The van der Waals surface area contributed by atoms with Gasteiger partial charge >= 0.3 is 0 Å². The molecule has 2 rings (SSSR count). The number of aliphatic hydroxyl groups is 1. The van der Waals surface area contributed by atoms with Crippen LogP contribution in [0, 0.1) is 12.8 Å². The van der Waals surface area contributed by atoms with Crippen molar-refractivity contribution in [1.82, 2.24) is 5.16 Å². The Balaban J connectivity index is 2.46. The third-order valence-electron chi connectivity index (χ3n) is 3.20. The molecule has 0 aliphatic heterocycles. The molecule has 0 spiro atoms. The first kappa shape index (κ1) is 9.68. The van der Waals surface area contributed by atoms with Crippen molar-refractivity contribution in [1.29, 1.82) is 0 Å². The zero-order valence-corrected chi connectivity index (χ0v) is 8.58. The summed E-state index contributed by atoms with van der Waals surface area (Å²) in [6.07, 6.45) is 1.33. The molecule has 4 heteroatoms. The minimum absolute atomic E-state index is 0.168. The molecule has 1 heterocycles. The van der Waals surface area contributed by atoms with Gasteiger partial charge in [0, 0.05) is 12.0 Å². The second kappa shape index (κ2) is 3.07. The molecule has 0 saturated heterocycles. The van der Waals surface area contributed by atoms with Crippen LogP contribution in [-0.2, 0) is 12.0 Å². The minimum atomic E-state index is -0.825. The first-order chi connectivity index (χ1) is 6.59. The average molecular weight is 196 g/mol. The summed E-state index contributed by atoms with van der Waals surface area (Å²) in [5.41, 5.74) is 6.36. The number of aryl methyl sites for hydroxylation is 1. The molecule has 2 unspecified atom stereocenters. The summed E-state index contributed by atoms with van der Waals surface area (Å²) < 4.78 is 5.17. The zero-order chi connectivity index (χ0) is 10.3. The van der Waals surface area contributed by atoms with Crippen molar-refractivity contribution < 1.29 is 9.63 Å². The van der Waals surface area contributed by atoms with E-state index in [0.29, 0.717) is 13.0 Å². The summed E-state index contributed by atoms with van der Waals surface area (Å²) in [5.74, 6) is 0.993. The van der Waals surface area contributed by atoms with E-state index < -0.39 is 5.60 Å². The van der Waals surface area contributed by atoms with E-state index in [4.69, 9.17) is 10.3 Å². The van der Waals surface area contributed by atoms with Gasteiger partial charge in [0.15, 0.2) is 0 Å².